The quantitative estimate of drug-likeness (QED) is 0.0222. The number of hydrogen-bond acceptors (Lipinski definition) is 15. The minimum atomic E-state index is -4.96. The molecular weight excluding hydrogens is 1310 g/mol. The molecule has 0 fully saturated rings. The third-order valence-electron chi connectivity index (χ3n) is 19.1. The van der Waals surface area contributed by atoms with Gasteiger partial charge in [0, 0.05) is 25.7 Å². The van der Waals surface area contributed by atoms with E-state index in [-0.39, 0.29) is 25.7 Å². The molecular formula is C81H158O17P2. The van der Waals surface area contributed by atoms with Crippen molar-refractivity contribution >= 4 is 39.5 Å². The zero-order chi connectivity index (χ0) is 73.2. The van der Waals surface area contributed by atoms with Crippen LogP contribution in [0, 0.1) is 0 Å². The maximum Gasteiger partial charge on any atom is 0.472 e. The minimum Gasteiger partial charge on any atom is -0.462 e. The van der Waals surface area contributed by atoms with Crippen LogP contribution < -0.4 is 0 Å². The predicted octanol–water partition coefficient (Wildman–Crippen LogP) is 24.6. The Hall–Kier alpha value is -1.94. The molecule has 0 aromatic heterocycles. The molecule has 5 atom stereocenters. The molecule has 17 nitrogen and oxygen atoms in total. The van der Waals surface area contributed by atoms with Gasteiger partial charge in [-0.2, -0.15) is 0 Å². The Kier molecular flexibility index (Phi) is 73.8. The molecule has 2 unspecified atom stereocenters. The Labute approximate surface area is 613 Å². The Morgan fingerprint density at radius 1 is 0.240 bits per heavy atom. The van der Waals surface area contributed by atoms with Crippen LogP contribution in [0.25, 0.3) is 0 Å². The second-order valence-electron chi connectivity index (χ2n) is 29.2. The fourth-order valence-electron chi connectivity index (χ4n) is 12.6. The summed E-state index contributed by atoms with van der Waals surface area (Å²) >= 11 is 0. The van der Waals surface area contributed by atoms with Crippen molar-refractivity contribution in [2.24, 2.45) is 0 Å². The van der Waals surface area contributed by atoms with Gasteiger partial charge in [0.2, 0.25) is 0 Å². The zero-order valence-corrected chi connectivity index (χ0v) is 67.0. The number of ether oxygens (including phenoxy) is 4. The SMILES string of the molecule is CCCCCCCCCCCCCCCCCCCCC(=O)O[C@H](COC(=O)CCCCCCCCCCCCCCCCCCC)COP(=O)(O)OC[C@@H](O)COP(=O)(O)OC[C@@H](COC(=O)CCCCCCCCCC)OC(=O)CCCCCCCCCCCCCCCCCCC. The predicted molar refractivity (Wildman–Crippen MR) is 409 cm³/mol. The first-order valence-electron chi connectivity index (χ1n) is 42.3. The lowest BCUT2D eigenvalue weighted by Gasteiger charge is -2.21. The molecule has 594 valence electrons. The van der Waals surface area contributed by atoms with E-state index in [1.165, 1.54) is 270 Å². The topological polar surface area (TPSA) is 237 Å². The lowest BCUT2D eigenvalue weighted by Crippen LogP contribution is -2.30. The van der Waals surface area contributed by atoms with Crippen molar-refractivity contribution < 1.29 is 80.2 Å². The van der Waals surface area contributed by atoms with Gasteiger partial charge in [0.25, 0.3) is 0 Å². The monoisotopic (exact) mass is 1470 g/mol. The molecule has 0 heterocycles. The van der Waals surface area contributed by atoms with Gasteiger partial charge < -0.3 is 33.8 Å². The first-order valence-corrected chi connectivity index (χ1v) is 45.3. The van der Waals surface area contributed by atoms with Crippen LogP contribution >= 0.6 is 15.6 Å². The minimum absolute atomic E-state index is 0.109. The van der Waals surface area contributed by atoms with Gasteiger partial charge in [0.1, 0.15) is 19.3 Å². The van der Waals surface area contributed by atoms with Gasteiger partial charge in [-0.05, 0) is 25.7 Å². The van der Waals surface area contributed by atoms with E-state index in [4.69, 9.17) is 37.0 Å². The number of esters is 4. The van der Waals surface area contributed by atoms with E-state index in [0.717, 1.165) is 89.9 Å². The molecule has 0 spiro atoms. The number of unbranched alkanes of at least 4 members (excludes halogenated alkanes) is 56. The molecule has 0 bridgehead atoms. The van der Waals surface area contributed by atoms with Crippen LogP contribution in [0.15, 0.2) is 0 Å². The highest BCUT2D eigenvalue weighted by Gasteiger charge is 2.30. The molecule has 0 aromatic carbocycles. The number of hydrogen-bond donors (Lipinski definition) is 3. The summed E-state index contributed by atoms with van der Waals surface area (Å²) in [6.07, 6.45) is 68.0. The molecule has 0 saturated carbocycles. The maximum absolute atomic E-state index is 13.1. The van der Waals surface area contributed by atoms with Crippen molar-refractivity contribution in [2.75, 3.05) is 39.6 Å². The second kappa shape index (κ2) is 75.3. The van der Waals surface area contributed by atoms with Gasteiger partial charge in [-0.25, -0.2) is 9.13 Å². The number of carbonyl (C=O) groups excluding carboxylic acids is 4. The lowest BCUT2D eigenvalue weighted by molar-refractivity contribution is -0.161. The van der Waals surface area contributed by atoms with E-state index < -0.39 is 97.5 Å². The van der Waals surface area contributed by atoms with Crippen LogP contribution in [0.3, 0.4) is 0 Å². The van der Waals surface area contributed by atoms with Crippen LogP contribution in [0.2, 0.25) is 0 Å². The Bertz CT molecular complexity index is 1890. The Morgan fingerprint density at radius 2 is 0.400 bits per heavy atom. The fraction of sp³-hybridized carbons (Fsp3) is 0.951. The van der Waals surface area contributed by atoms with Gasteiger partial charge in [0.15, 0.2) is 12.2 Å². The van der Waals surface area contributed by atoms with E-state index in [1.807, 2.05) is 0 Å². The highest BCUT2D eigenvalue weighted by atomic mass is 31.2. The molecule has 0 aliphatic heterocycles. The van der Waals surface area contributed by atoms with Crippen molar-refractivity contribution in [3.63, 3.8) is 0 Å². The molecule has 19 heteroatoms. The molecule has 0 radical (unpaired) electrons. The average molecular weight is 1470 g/mol. The molecule has 3 N–H and O–H groups in total. The summed E-state index contributed by atoms with van der Waals surface area (Å²) < 4.78 is 68.7. The van der Waals surface area contributed by atoms with Gasteiger partial charge in [-0.3, -0.25) is 37.3 Å². The molecule has 0 aliphatic carbocycles. The van der Waals surface area contributed by atoms with Crippen molar-refractivity contribution in [1.82, 2.24) is 0 Å². The lowest BCUT2D eigenvalue weighted by atomic mass is 10.0. The summed E-state index contributed by atoms with van der Waals surface area (Å²) in [4.78, 5) is 72.9. The Morgan fingerprint density at radius 3 is 0.590 bits per heavy atom. The van der Waals surface area contributed by atoms with E-state index >= 15 is 0 Å². The molecule has 0 saturated heterocycles. The second-order valence-corrected chi connectivity index (χ2v) is 32.1. The third-order valence-corrected chi connectivity index (χ3v) is 21.0. The molecule has 0 aliphatic rings. The first-order chi connectivity index (χ1) is 48.7. The molecule has 0 aromatic rings. The number of aliphatic hydroxyl groups is 1. The normalized spacial score (nSPS) is 13.8. The largest absolute Gasteiger partial charge is 0.472 e. The smallest absolute Gasteiger partial charge is 0.462 e. The van der Waals surface area contributed by atoms with Crippen LogP contribution in [-0.4, -0.2) is 96.7 Å². The van der Waals surface area contributed by atoms with E-state index in [9.17, 15) is 43.2 Å². The van der Waals surface area contributed by atoms with Crippen LogP contribution in [0.1, 0.15) is 439 Å². The number of aliphatic hydroxyl groups excluding tert-OH is 1. The van der Waals surface area contributed by atoms with Gasteiger partial charge in [-0.1, -0.05) is 387 Å². The van der Waals surface area contributed by atoms with Crippen molar-refractivity contribution in [3.8, 4) is 0 Å². The number of rotatable bonds is 82. The van der Waals surface area contributed by atoms with E-state index in [1.54, 1.807) is 0 Å². The van der Waals surface area contributed by atoms with Crippen LogP contribution in [0.5, 0.6) is 0 Å². The van der Waals surface area contributed by atoms with E-state index in [2.05, 4.69) is 27.7 Å². The molecule has 0 rings (SSSR count). The standard InChI is InChI=1S/C81H158O17P2/c1-5-9-13-17-21-25-28-31-34-37-40-43-46-49-52-56-60-64-68-81(86)98-77(72-92-79(84)66-62-58-54-50-47-44-41-38-35-32-29-26-22-18-14-10-6-2)74-96-100(89,90)94-70-75(82)69-93-99(87,88)95-73-76(71-91-78(83)65-61-57-53-24-20-16-12-8-4)97-80(85)67-63-59-55-51-48-45-42-39-36-33-30-27-23-19-15-11-7-3/h75-77,82H,5-74H2,1-4H3,(H,87,88)(H,89,90)/t75-,76+,77+/m0/s1. The molecule has 0 amide bonds. The third kappa shape index (κ3) is 74.3. The maximum atomic E-state index is 13.1. The number of carbonyl (C=O) groups is 4. The number of phosphoric ester groups is 2. The zero-order valence-electron chi connectivity index (χ0n) is 65.2. The number of phosphoric acid groups is 2. The van der Waals surface area contributed by atoms with Gasteiger partial charge in [-0.15, -0.1) is 0 Å². The molecule has 100 heavy (non-hydrogen) atoms. The average Bonchev–Trinajstić information content (AvgIpc) is 0.943. The van der Waals surface area contributed by atoms with Crippen molar-refractivity contribution in [1.29, 1.82) is 0 Å². The summed E-state index contributed by atoms with van der Waals surface area (Å²) in [5, 5.41) is 10.6. The van der Waals surface area contributed by atoms with E-state index in [0.29, 0.717) is 25.7 Å². The van der Waals surface area contributed by atoms with Gasteiger partial charge in [0.05, 0.1) is 26.4 Å². The van der Waals surface area contributed by atoms with Crippen LogP contribution in [-0.2, 0) is 65.4 Å². The summed E-state index contributed by atoms with van der Waals surface area (Å²) in [6, 6.07) is 0. The first kappa shape index (κ1) is 98.1. The summed E-state index contributed by atoms with van der Waals surface area (Å²) in [6.45, 7) is 5.01. The Balaban J connectivity index is 5.19. The summed E-state index contributed by atoms with van der Waals surface area (Å²) in [5.41, 5.74) is 0. The van der Waals surface area contributed by atoms with Crippen molar-refractivity contribution in [2.45, 2.75) is 457 Å². The van der Waals surface area contributed by atoms with Crippen molar-refractivity contribution in [3.05, 3.63) is 0 Å². The summed E-state index contributed by atoms with van der Waals surface area (Å²) in [7, 11) is -9.91. The van der Waals surface area contributed by atoms with Gasteiger partial charge >= 0.3 is 39.5 Å². The fourth-order valence-corrected chi connectivity index (χ4v) is 14.2. The highest BCUT2D eigenvalue weighted by Crippen LogP contribution is 2.45. The van der Waals surface area contributed by atoms with Crippen LogP contribution in [0.4, 0.5) is 0 Å². The summed E-state index contributed by atoms with van der Waals surface area (Å²) in [5.74, 6) is -2.11. The highest BCUT2D eigenvalue weighted by molar-refractivity contribution is 7.47.